The Balaban J connectivity index is 1.67. The molecule has 0 aromatic rings. The van der Waals surface area contributed by atoms with Crippen molar-refractivity contribution in [2.45, 2.75) is 83.6 Å². The van der Waals surface area contributed by atoms with Crippen LogP contribution >= 0.6 is 0 Å². The molecule has 0 aliphatic heterocycles. The van der Waals surface area contributed by atoms with Gasteiger partial charge in [-0.2, -0.15) is 0 Å². The van der Waals surface area contributed by atoms with Crippen LogP contribution in [0.25, 0.3) is 0 Å². The predicted octanol–water partition coefficient (Wildman–Crippen LogP) is 3.16. The lowest BCUT2D eigenvalue weighted by molar-refractivity contribution is -0.131. The first kappa shape index (κ1) is 17.3. The van der Waals surface area contributed by atoms with Gasteiger partial charge < -0.3 is 10.6 Å². The summed E-state index contributed by atoms with van der Waals surface area (Å²) in [6.45, 7) is 2.92. The van der Waals surface area contributed by atoms with E-state index in [0.29, 0.717) is 6.04 Å². The van der Waals surface area contributed by atoms with Crippen molar-refractivity contribution in [1.29, 1.82) is 0 Å². The van der Waals surface area contributed by atoms with E-state index in [9.17, 15) is 9.59 Å². The molecular formula is C18H32N2O2. The van der Waals surface area contributed by atoms with Gasteiger partial charge in [-0.25, -0.2) is 0 Å². The summed E-state index contributed by atoms with van der Waals surface area (Å²) in [5, 5.41) is 6.26. The zero-order chi connectivity index (χ0) is 15.8. The number of hydrogen-bond donors (Lipinski definition) is 2. The van der Waals surface area contributed by atoms with Gasteiger partial charge in [-0.15, -0.1) is 0 Å². The third-order valence-corrected chi connectivity index (χ3v) is 5.25. The Labute approximate surface area is 134 Å². The fourth-order valence-corrected chi connectivity index (χ4v) is 3.72. The van der Waals surface area contributed by atoms with Crippen molar-refractivity contribution in [3.05, 3.63) is 0 Å². The van der Waals surface area contributed by atoms with Gasteiger partial charge >= 0.3 is 0 Å². The fourth-order valence-electron chi connectivity index (χ4n) is 3.72. The number of hydrogen-bond acceptors (Lipinski definition) is 2. The first-order chi connectivity index (χ1) is 10.7. The summed E-state index contributed by atoms with van der Waals surface area (Å²) < 4.78 is 0. The topological polar surface area (TPSA) is 58.2 Å². The SMILES string of the molecule is CCCCNC(=O)C1CCC(C(=O)NC2CCCCC2)CC1. The van der Waals surface area contributed by atoms with Gasteiger partial charge in [-0.3, -0.25) is 9.59 Å². The van der Waals surface area contributed by atoms with Crippen molar-refractivity contribution in [2.24, 2.45) is 11.8 Å². The van der Waals surface area contributed by atoms with Gasteiger partial charge in [-0.1, -0.05) is 32.6 Å². The van der Waals surface area contributed by atoms with Crippen molar-refractivity contribution in [1.82, 2.24) is 10.6 Å². The first-order valence-corrected chi connectivity index (χ1v) is 9.28. The lowest BCUT2D eigenvalue weighted by atomic mass is 9.81. The molecule has 0 aromatic heterocycles. The van der Waals surface area contributed by atoms with Crippen LogP contribution < -0.4 is 10.6 Å². The highest BCUT2D eigenvalue weighted by molar-refractivity contribution is 5.81. The second kappa shape index (κ2) is 9.16. The highest BCUT2D eigenvalue weighted by Gasteiger charge is 2.30. The van der Waals surface area contributed by atoms with E-state index in [-0.39, 0.29) is 23.7 Å². The maximum absolute atomic E-state index is 12.3. The number of carbonyl (C=O) groups excluding carboxylic acids is 2. The minimum Gasteiger partial charge on any atom is -0.356 e. The predicted molar refractivity (Wildman–Crippen MR) is 88.4 cm³/mol. The molecule has 22 heavy (non-hydrogen) atoms. The van der Waals surface area contributed by atoms with Crippen molar-refractivity contribution < 1.29 is 9.59 Å². The summed E-state index contributed by atoms with van der Waals surface area (Å²) >= 11 is 0. The summed E-state index contributed by atoms with van der Waals surface area (Å²) in [5.74, 6) is 0.675. The molecule has 0 spiro atoms. The van der Waals surface area contributed by atoms with Gasteiger partial charge in [0.1, 0.15) is 0 Å². The van der Waals surface area contributed by atoms with Crippen LogP contribution in [0.1, 0.15) is 77.6 Å². The monoisotopic (exact) mass is 308 g/mol. The van der Waals surface area contributed by atoms with E-state index in [4.69, 9.17) is 0 Å². The average molecular weight is 308 g/mol. The smallest absolute Gasteiger partial charge is 0.223 e. The van der Waals surface area contributed by atoms with E-state index in [2.05, 4.69) is 17.6 Å². The average Bonchev–Trinajstić information content (AvgIpc) is 2.56. The summed E-state index contributed by atoms with van der Waals surface area (Å²) in [5.41, 5.74) is 0. The third-order valence-electron chi connectivity index (χ3n) is 5.25. The molecule has 2 fully saturated rings. The number of unbranched alkanes of at least 4 members (excludes halogenated alkanes) is 1. The van der Waals surface area contributed by atoms with Gasteiger partial charge in [0, 0.05) is 24.4 Å². The lowest BCUT2D eigenvalue weighted by Gasteiger charge is -2.29. The third kappa shape index (κ3) is 5.29. The Morgan fingerprint density at radius 3 is 2.05 bits per heavy atom. The van der Waals surface area contributed by atoms with Gasteiger partial charge in [0.15, 0.2) is 0 Å². The Morgan fingerprint density at radius 2 is 1.45 bits per heavy atom. The molecule has 2 rings (SSSR count). The number of rotatable bonds is 6. The fraction of sp³-hybridized carbons (Fsp3) is 0.889. The molecule has 0 radical (unpaired) electrons. The molecule has 2 aliphatic carbocycles. The number of carbonyl (C=O) groups is 2. The van der Waals surface area contributed by atoms with Crippen molar-refractivity contribution >= 4 is 11.8 Å². The maximum atomic E-state index is 12.3. The van der Waals surface area contributed by atoms with Crippen LogP contribution in [0.4, 0.5) is 0 Å². The second-order valence-corrected chi connectivity index (χ2v) is 7.04. The van der Waals surface area contributed by atoms with Gasteiger partial charge in [0.05, 0.1) is 0 Å². The zero-order valence-electron chi connectivity index (χ0n) is 14.0. The number of nitrogens with one attached hydrogen (secondary N) is 2. The van der Waals surface area contributed by atoms with Gasteiger partial charge in [0.25, 0.3) is 0 Å². The summed E-state index contributed by atoms with van der Waals surface area (Å²) in [6.07, 6.45) is 11.7. The van der Waals surface area contributed by atoms with E-state index in [1.165, 1.54) is 19.3 Å². The molecule has 2 N–H and O–H groups in total. The van der Waals surface area contributed by atoms with Crippen LogP contribution in [-0.4, -0.2) is 24.4 Å². The molecule has 2 saturated carbocycles. The minimum atomic E-state index is 0.121. The molecular weight excluding hydrogens is 276 g/mol. The Hall–Kier alpha value is -1.06. The largest absolute Gasteiger partial charge is 0.356 e. The molecule has 0 saturated heterocycles. The van der Waals surface area contributed by atoms with E-state index in [0.717, 1.165) is 57.9 Å². The molecule has 0 atom stereocenters. The first-order valence-electron chi connectivity index (χ1n) is 9.28. The van der Waals surface area contributed by atoms with E-state index in [1.54, 1.807) is 0 Å². The van der Waals surface area contributed by atoms with Crippen molar-refractivity contribution in [3.63, 3.8) is 0 Å². The Bertz CT molecular complexity index is 356. The number of amides is 2. The molecule has 2 aliphatic rings. The highest BCUT2D eigenvalue weighted by Crippen LogP contribution is 2.29. The van der Waals surface area contributed by atoms with Crippen LogP contribution in [0.2, 0.25) is 0 Å². The molecule has 0 aromatic carbocycles. The Kier molecular flexibility index (Phi) is 7.20. The van der Waals surface area contributed by atoms with Crippen LogP contribution in [0.15, 0.2) is 0 Å². The summed E-state index contributed by atoms with van der Waals surface area (Å²) in [4.78, 5) is 24.4. The molecule has 0 bridgehead atoms. The normalized spacial score (nSPS) is 26.4. The quantitative estimate of drug-likeness (QED) is 0.741. The standard InChI is InChI=1S/C18H32N2O2/c1-2-3-13-19-17(21)14-9-11-15(12-10-14)18(22)20-16-7-5-4-6-8-16/h14-16H,2-13H2,1H3,(H,19,21)(H,20,22). The maximum Gasteiger partial charge on any atom is 0.223 e. The Morgan fingerprint density at radius 1 is 0.864 bits per heavy atom. The molecule has 4 nitrogen and oxygen atoms in total. The van der Waals surface area contributed by atoms with Crippen molar-refractivity contribution in [2.75, 3.05) is 6.54 Å². The summed E-state index contributed by atoms with van der Waals surface area (Å²) in [7, 11) is 0. The van der Waals surface area contributed by atoms with Crippen LogP contribution in [-0.2, 0) is 9.59 Å². The molecule has 0 heterocycles. The molecule has 126 valence electrons. The minimum absolute atomic E-state index is 0.121. The molecule has 2 amide bonds. The van der Waals surface area contributed by atoms with Crippen LogP contribution in [0.3, 0.4) is 0 Å². The molecule has 4 heteroatoms. The van der Waals surface area contributed by atoms with E-state index in [1.807, 2.05) is 0 Å². The van der Waals surface area contributed by atoms with E-state index >= 15 is 0 Å². The molecule has 0 unspecified atom stereocenters. The lowest BCUT2D eigenvalue weighted by Crippen LogP contribution is -2.42. The summed E-state index contributed by atoms with van der Waals surface area (Å²) in [6, 6.07) is 0.399. The van der Waals surface area contributed by atoms with Gasteiger partial charge in [0.2, 0.25) is 11.8 Å². The van der Waals surface area contributed by atoms with Crippen LogP contribution in [0.5, 0.6) is 0 Å². The zero-order valence-corrected chi connectivity index (χ0v) is 14.0. The van der Waals surface area contributed by atoms with Crippen LogP contribution in [0, 0.1) is 11.8 Å². The van der Waals surface area contributed by atoms with Crippen molar-refractivity contribution in [3.8, 4) is 0 Å². The second-order valence-electron chi connectivity index (χ2n) is 7.04. The van der Waals surface area contributed by atoms with Gasteiger partial charge in [-0.05, 0) is 44.9 Å². The highest BCUT2D eigenvalue weighted by atomic mass is 16.2. The van der Waals surface area contributed by atoms with E-state index < -0.39 is 0 Å².